The molecule has 26 heavy (non-hydrogen) atoms. The first-order chi connectivity index (χ1) is 12.4. The summed E-state index contributed by atoms with van der Waals surface area (Å²) in [5.41, 5.74) is 0.718. The van der Waals surface area contributed by atoms with Crippen molar-refractivity contribution in [1.82, 2.24) is 9.21 Å². The Kier molecular flexibility index (Phi) is 5.57. The molecule has 0 bridgehead atoms. The molecule has 0 spiro atoms. The van der Waals surface area contributed by atoms with E-state index in [1.807, 2.05) is 4.90 Å². The standard InChI is InChI=1S/C17H18ClN3O4S/c18-15-5-7-16(8-6-15)26(24,25)20-11-9-19(10-12-20)13-14-3-1-2-4-17(14)21(22)23/h1-8H,9-13H2. The minimum atomic E-state index is -3.56. The highest BCUT2D eigenvalue weighted by Crippen LogP contribution is 2.23. The van der Waals surface area contributed by atoms with E-state index in [1.54, 1.807) is 30.3 Å². The van der Waals surface area contributed by atoms with E-state index in [1.165, 1.54) is 22.5 Å². The van der Waals surface area contributed by atoms with Crippen LogP contribution < -0.4 is 0 Å². The van der Waals surface area contributed by atoms with Gasteiger partial charge in [0.1, 0.15) is 0 Å². The average molecular weight is 396 g/mol. The molecule has 0 aliphatic carbocycles. The number of sulfonamides is 1. The number of piperazine rings is 1. The molecule has 0 saturated carbocycles. The molecule has 138 valence electrons. The van der Waals surface area contributed by atoms with Crippen LogP contribution in [0.2, 0.25) is 5.02 Å². The van der Waals surface area contributed by atoms with Gasteiger partial charge in [-0.25, -0.2) is 8.42 Å². The molecule has 7 nitrogen and oxygen atoms in total. The van der Waals surface area contributed by atoms with E-state index >= 15 is 0 Å². The van der Waals surface area contributed by atoms with Gasteiger partial charge in [0.25, 0.3) is 5.69 Å². The molecule has 2 aromatic carbocycles. The minimum Gasteiger partial charge on any atom is -0.296 e. The van der Waals surface area contributed by atoms with Crippen LogP contribution in [-0.4, -0.2) is 48.7 Å². The van der Waals surface area contributed by atoms with Crippen molar-refractivity contribution in [3.05, 3.63) is 69.2 Å². The van der Waals surface area contributed by atoms with E-state index in [9.17, 15) is 18.5 Å². The van der Waals surface area contributed by atoms with Gasteiger partial charge < -0.3 is 0 Å². The van der Waals surface area contributed by atoms with Crippen molar-refractivity contribution in [3.8, 4) is 0 Å². The van der Waals surface area contributed by atoms with Crippen LogP contribution in [0.15, 0.2) is 53.4 Å². The van der Waals surface area contributed by atoms with Crippen LogP contribution in [0.5, 0.6) is 0 Å². The first kappa shape index (κ1) is 18.8. The third-order valence-electron chi connectivity index (χ3n) is 4.36. The molecule has 1 heterocycles. The number of hydrogen-bond donors (Lipinski definition) is 0. The SMILES string of the molecule is O=[N+]([O-])c1ccccc1CN1CCN(S(=O)(=O)c2ccc(Cl)cc2)CC1. The van der Waals surface area contributed by atoms with Crippen LogP contribution in [0.4, 0.5) is 5.69 Å². The van der Waals surface area contributed by atoms with Crippen molar-refractivity contribution in [1.29, 1.82) is 0 Å². The van der Waals surface area contributed by atoms with Crippen LogP contribution in [0.25, 0.3) is 0 Å². The fraction of sp³-hybridized carbons (Fsp3) is 0.294. The van der Waals surface area contributed by atoms with Crippen molar-refractivity contribution >= 4 is 27.3 Å². The number of para-hydroxylation sites is 1. The molecule has 1 aliphatic heterocycles. The van der Waals surface area contributed by atoms with Gasteiger partial charge in [0, 0.05) is 49.4 Å². The van der Waals surface area contributed by atoms with Crippen molar-refractivity contribution < 1.29 is 13.3 Å². The van der Waals surface area contributed by atoms with E-state index in [2.05, 4.69) is 0 Å². The summed E-state index contributed by atoms with van der Waals surface area (Å²) >= 11 is 5.82. The lowest BCUT2D eigenvalue weighted by Gasteiger charge is -2.33. The fourth-order valence-corrected chi connectivity index (χ4v) is 4.50. The zero-order valence-electron chi connectivity index (χ0n) is 13.9. The topological polar surface area (TPSA) is 83.8 Å². The Morgan fingerprint density at radius 2 is 1.62 bits per heavy atom. The summed E-state index contributed by atoms with van der Waals surface area (Å²) in [5, 5.41) is 11.6. The van der Waals surface area contributed by atoms with Gasteiger partial charge in [-0.15, -0.1) is 0 Å². The van der Waals surface area contributed by atoms with Crippen LogP contribution >= 0.6 is 11.6 Å². The molecule has 0 N–H and O–H groups in total. The Bertz CT molecular complexity index is 894. The van der Waals surface area contributed by atoms with E-state index in [0.717, 1.165) is 0 Å². The Morgan fingerprint density at radius 1 is 1.00 bits per heavy atom. The molecule has 0 unspecified atom stereocenters. The second-order valence-electron chi connectivity index (χ2n) is 6.02. The van der Waals surface area contributed by atoms with Crippen molar-refractivity contribution in [2.45, 2.75) is 11.4 Å². The monoisotopic (exact) mass is 395 g/mol. The summed E-state index contributed by atoms with van der Waals surface area (Å²) in [4.78, 5) is 13.0. The first-order valence-electron chi connectivity index (χ1n) is 8.08. The van der Waals surface area contributed by atoms with Crippen LogP contribution in [0, 0.1) is 10.1 Å². The summed E-state index contributed by atoms with van der Waals surface area (Å²) in [6.45, 7) is 2.13. The zero-order valence-corrected chi connectivity index (χ0v) is 15.5. The lowest BCUT2D eigenvalue weighted by Crippen LogP contribution is -2.48. The minimum absolute atomic E-state index is 0.0868. The molecule has 1 saturated heterocycles. The van der Waals surface area contributed by atoms with Crippen molar-refractivity contribution in [3.63, 3.8) is 0 Å². The van der Waals surface area contributed by atoms with Gasteiger partial charge in [0.05, 0.1) is 9.82 Å². The Balaban J connectivity index is 1.66. The number of halogens is 1. The highest BCUT2D eigenvalue weighted by molar-refractivity contribution is 7.89. The third-order valence-corrected chi connectivity index (χ3v) is 6.53. The van der Waals surface area contributed by atoms with E-state index in [0.29, 0.717) is 43.3 Å². The average Bonchev–Trinajstić information content (AvgIpc) is 2.63. The molecule has 3 rings (SSSR count). The largest absolute Gasteiger partial charge is 0.296 e. The summed E-state index contributed by atoms with van der Waals surface area (Å²) in [6, 6.07) is 12.7. The number of nitro groups is 1. The molecule has 1 fully saturated rings. The molecule has 0 radical (unpaired) electrons. The Morgan fingerprint density at radius 3 is 2.23 bits per heavy atom. The van der Waals surface area contributed by atoms with Gasteiger partial charge in [-0.1, -0.05) is 29.8 Å². The second kappa shape index (κ2) is 7.71. The normalized spacial score (nSPS) is 16.5. The second-order valence-corrected chi connectivity index (χ2v) is 8.39. The summed E-state index contributed by atoms with van der Waals surface area (Å²) < 4.78 is 26.8. The lowest BCUT2D eigenvalue weighted by molar-refractivity contribution is -0.385. The van der Waals surface area contributed by atoms with Crippen molar-refractivity contribution in [2.24, 2.45) is 0 Å². The smallest absolute Gasteiger partial charge is 0.273 e. The lowest BCUT2D eigenvalue weighted by atomic mass is 10.1. The predicted octanol–water partition coefficient (Wildman–Crippen LogP) is 2.75. The van der Waals surface area contributed by atoms with Gasteiger partial charge in [0.2, 0.25) is 10.0 Å². The van der Waals surface area contributed by atoms with Gasteiger partial charge >= 0.3 is 0 Å². The quantitative estimate of drug-likeness (QED) is 0.574. The van der Waals surface area contributed by atoms with Gasteiger partial charge in [-0.3, -0.25) is 15.0 Å². The van der Waals surface area contributed by atoms with E-state index in [4.69, 9.17) is 11.6 Å². The number of rotatable bonds is 5. The molecule has 9 heteroatoms. The maximum absolute atomic E-state index is 12.7. The first-order valence-corrected chi connectivity index (χ1v) is 9.90. The number of benzene rings is 2. The number of hydrogen-bond acceptors (Lipinski definition) is 5. The maximum atomic E-state index is 12.7. The van der Waals surface area contributed by atoms with Gasteiger partial charge in [0.15, 0.2) is 0 Å². The third kappa shape index (κ3) is 4.04. The Labute approximate surface area is 157 Å². The van der Waals surface area contributed by atoms with E-state index in [-0.39, 0.29) is 10.6 Å². The molecule has 0 aromatic heterocycles. The highest BCUT2D eigenvalue weighted by atomic mass is 35.5. The molecule has 2 aromatic rings. The number of nitro benzene ring substituents is 1. The zero-order chi connectivity index (χ0) is 18.7. The molecular formula is C17H18ClN3O4S. The number of nitrogens with zero attached hydrogens (tertiary/aromatic N) is 3. The van der Waals surface area contributed by atoms with E-state index < -0.39 is 14.9 Å². The summed E-state index contributed by atoms with van der Waals surface area (Å²) in [5.74, 6) is 0. The maximum Gasteiger partial charge on any atom is 0.273 e. The van der Waals surface area contributed by atoms with Gasteiger partial charge in [-0.05, 0) is 24.3 Å². The predicted molar refractivity (Wildman–Crippen MR) is 98.6 cm³/mol. The van der Waals surface area contributed by atoms with Crippen LogP contribution in [-0.2, 0) is 16.6 Å². The molecule has 1 aliphatic rings. The summed E-state index contributed by atoms with van der Waals surface area (Å²) in [7, 11) is -3.56. The summed E-state index contributed by atoms with van der Waals surface area (Å²) in [6.07, 6.45) is 0. The molecular weight excluding hydrogens is 378 g/mol. The Hall–Kier alpha value is -2.00. The fourth-order valence-electron chi connectivity index (χ4n) is 2.95. The molecule has 0 atom stereocenters. The van der Waals surface area contributed by atoms with Gasteiger partial charge in [-0.2, -0.15) is 4.31 Å². The van der Waals surface area contributed by atoms with Crippen LogP contribution in [0.1, 0.15) is 5.56 Å². The molecule has 0 amide bonds. The van der Waals surface area contributed by atoms with Crippen LogP contribution in [0.3, 0.4) is 0 Å². The highest BCUT2D eigenvalue weighted by Gasteiger charge is 2.29. The van der Waals surface area contributed by atoms with Crippen molar-refractivity contribution in [2.75, 3.05) is 26.2 Å².